The lowest BCUT2D eigenvalue weighted by Crippen LogP contribution is -2.03. The van der Waals surface area contributed by atoms with E-state index in [1.807, 2.05) is 0 Å². The van der Waals surface area contributed by atoms with Gasteiger partial charge in [0, 0.05) is 0 Å². The van der Waals surface area contributed by atoms with Crippen LogP contribution in [0.2, 0.25) is 0 Å². The summed E-state index contributed by atoms with van der Waals surface area (Å²) in [7, 11) is 0. The zero-order valence-electron chi connectivity index (χ0n) is 14.7. The van der Waals surface area contributed by atoms with Crippen LogP contribution >= 0.6 is 0 Å². The predicted molar refractivity (Wildman–Crippen MR) is 89.7 cm³/mol. The van der Waals surface area contributed by atoms with Crippen molar-refractivity contribution < 1.29 is 19.1 Å². The molecule has 6 nitrogen and oxygen atoms in total. The molecule has 0 N–H and O–H groups in total. The molecule has 0 aromatic carbocycles. The van der Waals surface area contributed by atoms with Gasteiger partial charge >= 0.3 is 12.2 Å². The maximum absolute atomic E-state index is 11.2. The molecule has 0 bridgehead atoms. The van der Waals surface area contributed by atoms with Crippen molar-refractivity contribution in [3.63, 3.8) is 0 Å². The zero-order valence-corrected chi connectivity index (χ0v) is 14.7. The summed E-state index contributed by atoms with van der Waals surface area (Å²) in [6.07, 6.45) is 10.3. The van der Waals surface area contributed by atoms with Gasteiger partial charge in [-0.15, -0.1) is 0 Å². The van der Waals surface area contributed by atoms with Crippen LogP contribution in [0, 0.1) is 0 Å². The SMILES string of the molecule is CCCCCCCCOC(=O)/N=N/C(=O)OCCCCCCC. The second-order valence-electron chi connectivity index (χ2n) is 5.61. The van der Waals surface area contributed by atoms with Crippen LogP contribution in [0.1, 0.15) is 84.5 Å². The summed E-state index contributed by atoms with van der Waals surface area (Å²) in [5, 5.41) is 6.38. The van der Waals surface area contributed by atoms with Crippen molar-refractivity contribution >= 4 is 12.2 Å². The molecule has 0 rings (SSSR count). The summed E-state index contributed by atoms with van der Waals surface area (Å²) in [6.45, 7) is 4.95. The molecule has 134 valence electrons. The molecule has 0 heterocycles. The Kier molecular flexibility index (Phi) is 15.8. The van der Waals surface area contributed by atoms with Gasteiger partial charge in [0.05, 0.1) is 13.2 Å². The first kappa shape index (κ1) is 21.5. The van der Waals surface area contributed by atoms with E-state index in [9.17, 15) is 9.59 Å². The zero-order chi connectivity index (χ0) is 17.2. The molecule has 0 radical (unpaired) electrons. The van der Waals surface area contributed by atoms with E-state index < -0.39 is 12.2 Å². The molecule has 0 atom stereocenters. The van der Waals surface area contributed by atoms with Gasteiger partial charge in [-0.05, 0) is 12.8 Å². The average Bonchev–Trinajstić information content (AvgIpc) is 2.55. The van der Waals surface area contributed by atoms with Crippen LogP contribution in [-0.2, 0) is 9.47 Å². The highest BCUT2D eigenvalue weighted by atomic mass is 16.6. The lowest BCUT2D eigenvalue weighted by atomic mass is 10.1. The summed E-state index contributed by atoms with van der Waals surface area (Å²) >= 11 is 0. The third-order valence-corrected chi connectivity index (χ3v) is 3.41. The van der Waals surface area contributed by atoms with Gasteiger partial charge in [0.15, 0.2) is 0 Å². The van der Waals surface area contributed by atoms with Crippen molar-refractivity contribution in [1.29, 1.82) is 0 Å². The number of unbranched alkanes of at least 4 members (excludes halogenated alkanes) is 9. The Morgan fingerprint density at radius 1 is 0.609 bits per heavy atom. The molecule has 2 amide bonds. The highest BCUT2D eigenvalue weighted by Crippen LogP contribution is 2.05. The molecule has 0 aromatic heterocycles. The number of amides is 2. The van der Waals surface area contributed by atoms with Gasteiger partial charge in [0.2, 0.25) is 0 Å². The van der Waals surface area contributed by atoms with E-state index in [4.69, 9.17) is 9.47 Å². The highest BCUT2D eigenvalue weighted by molar-refractivity contribution is 5.73. The standard InChI is InChI=1S/C17H32N2O4/c1-3-5-7-9-11-13-15-23-17(21)19-18-16(20)22-14-12-10-8-6-4-2/h3-15H2,1-2H3/b19-18+. The fourth-order valence-electron chi connectivity index (χ4n) is 2.05. The molecule has 0 spiro atoms. The van der Waals surface area contributed by atoms with Crippen molar-refractivity contribution in [2.75, 3.05) is 13.2 Å². The maximum atomic E-state index is 11.2. The minimum absolute atomic E-state index is 0.314. The second-order valence-corrected chi connectivity index (χ2v) is 5.61. The number of ether oxygens (including phenoxy) is 2. The Labute approximate surface area is 140 Å². The Morgan fingerprint density at radius 2 is 0.957 bits per heavy atom. The van der Waals surface area contributed by atoms with E-state index in [0.29, 0.717) is 13.2 Å². The van der Waals surface area contributed by atoms with Crippen molar-refractivity contribution in [2.45, 2.75) is 84.5 Å². The molecule has 0 unspecified atom stereocenters. The number of rotatable bonds is 13. The summed E-state index contributed by atoms with van der Waals surface area (Å²) in [4.78, 5) is 22.5. The Balaban J connectivity index is 3.49. The van der Waals surface area contributed by atoms with Crippen LogP contribution < -0.4 is 0 Å². The number of carbonyl (C=O) groups is 2. The maximum Gasteiger partial charge on any atom is 0.452 e. The fourth-order valence-corrected chi connectivity index (χ4v) is 2.05. The van der Waals surface area contributed by atoms with Gasteiger partial charge in [-0.2, -0.15) is 0 Å². The molecule has 0 aromatic rings. The predicted octanol–water partition coefficient (Wildman–Crippen LogP) is 6.04. The summed E-state index contributed by atoms with van der Waals surface area (Å²) < 4.78 is 9.71. The van der Waals surface area contributed by atoms with E-state index in [0.717, 1.165) is 38.5 Å². The van der Waals surface area contributed by atoms with Crippen LogP contribution in [-0.4, -0.2) is 25.4 Å². The molecular formula is C17H32N2O4. The van der Waals surface area contributed by atoms with Crippen LogP contribution in [0.5, 0.6) is 0 Å². The first-order valence-corrected chi connectivity index (χ1v) is 8.96. The smallest absolute Gasteiger partial charge is 0.447 e. The number of hydrogen-bond donors (Lipinski definition) is 0. The summed E-state index contributed by atoms with van der Waals surface area (Å²) in [5.74, 6) is 0. The highest BCUT2D eigenvalue weighted by Gasteiger charge is 2.03. The number of azo groups is 1. The van der Waals surface area contributed by atoms with Crippen LogP contribution in [0.4, 0.5) is 9.59 Å². The van der Waals surface area contributed by atoms with Crippen molar-refractivity contribution in [1.82, 2.24) is 0 Å². The Hall–Kier alpha value is -1.46. The molecule has 0 aliphatic heterocycles. The van der Waals surface area contributed by atoms with E-state index in [1.165, 1.54) is 32.1 Å². The quantitative estimate of drug-likeness (QED) is 0.305. The first-order valence-electron chi connectivity index (χ1n) is 8.96. The minimum Gasteiger partial charge on any atom is -0.447 e. The van der Waals surface area contributed by atoms with Crippen LogP contribution in [0.25, 0.3) is 0 Å². The third kappa shape index (κ3) is 16.7. The normalized spacial score (nSPS) is 10.9. The molecule has 23 heavy (non-hydrogen) atoms. The first-order chi connectivity index (χ1) is 11.2. The van der Waals surface area contributed by atoms with Gasteiger partial charge in [-0.25, -0.2) is 9.59 Å². The van der Waals surface area contributed by atoms with E-state index >= 15 is 0 Å². The minimum atomic E-state index is -0.836. The lowest BCUT2D eigenvalue weighted by Gasteiger charge is -2.01. The molecule has 0 fully saturated rings. The number of nitrogens with zero attached hydrogens (tertiary/aromatic N) is 2. The molecule has 0 saturated heterocycles. The van der Waals surface area contributed by atoms with Gasteiger partial charge in [-0.1, -0.05) is 81.9 Å². The second kappa shape index (κ2) is 16.9. The van der Waals surface area contributed by atoms with Gasteiger partial charge in [-0.3, -0.25) is 0 Å². The van der Waals surface area contributed by atoms with E-state index in [-0.39, 0.29) is 0 Å². The van der Waals surface area contributed by atoms with Gasteiger partial charge in [0.25, 0.3) is 0 Å². The van der Waals surface area contributed by atoms with Crippen molar-refractivity contribution in [2.24, 2.45) is 10.2 Å². The average molecular weight is 328 g/mol. The van der Waals surface area contributed by atoms with Crippen LogP contribution in [0.15, 0.2) is 10.2 Å². The van der Waals surface area contributed by atoms with Crippen LogP contribution in [0.3, 0.4) is 0 Å². The topological polar surface area (TPSA) is 77.3 Å². The van der Waals surface area contributed by atoms with Crippen molar-refractivity contribution in [3.05, 3.63) is 0 Å². The molecule has 6 heteroatoms. The van der Waals surface area contributed by atoms with E-state index in [2.05, 4.69) is 24.1 Å². The summed E-state index contributed by atoms with van der Waals surface area (Å²) in [5.41, 5.74) is 0. The summed E-state index contributed by atoms with van der Waals surface area (Å²) in [6, 6.07) is 0. The van der Waals surface area contributed by atoms with Gasteiger partial charge in [0.1, 0.15) is 0 Å². The van der Waals surface area contributed by atoms with E-state index in [1.54, 1.807) is 0 Å². The molecule has 0 saturated carbocycles. The van der Waals surface area contributed by atoms with Crippen molar-refractivity contribution in [3.8, 4) is 0 Å². The number of carbonyl (C=O) groups excluding carboxylic acids is 2. The Morgan fingerprint density at radius 3 is 1.35 bits per heavy atom. The molecule has 0 aliphatic rings. The number of hydrogen-bond acceptors (Lipinski definition) is 4. The third-order valence-electron chi connectivity index (χ3n) is 3.41. The molecular weight excluding hydrogens is 296 g/mol. The molecule has 0 aliphatic carbocycles. The monoisotopic (exact) mass is 328 g/mol. The fraction of sp³-hybridized carbons (Fsp3) is 0.882. The van der Waals surface area contributed by atoms with Gasteiger partial charge < -0.3 is 9.47 Å². The lowest BCUT2D eigenvalue weighted by molar-refractivity contribution is 0.143. The Bertz CT molecular complexity index is 333. The largest absolute Gasteiger partial charge is 0.452 e.